The van der Waals surface area contributed by atoms with Gasteiger partial charge in [-0.3, -0.25) is 0 Å². The third-order valence-corrected chi connectivity index (χ3v) is 4.80. The maximum Gasteiger partial charge on any atom is 0.219 e. The molecule has 2 aromatic heterocycles. The summed E-state index contributed by atoms with van der Waals surface area (Å²) in [5.41, 5.74) is 4.00. The molecule has 1 aliphatic rings. The molecule has 5 rings (SSSR count). The van der Waals surface area contributed by atoms with Crippen molar-refractivity contribution in [2.24, 2.45) is 0 Å². The number of imidazole rings is 1. The summed E-state index contributed by atoms with van der Waals surface area (Å²) in [5, 5.41) is 6.74. The predicted octanol–water partition coefficient (Wildman–Crippen LogP) is 4.31. The van der Waals surface area contributed by atoms with Crippen molar-refractivity contribution >= 4 is 22.7 Å². The summed E-state index contributed by atoms with van der Waals surface area (Å²) in [6.07, 6.45) is 1.13. The lowest BCUT2D eigenvalue weighted by atomic mass is 10.2. The van der Waals surface area contributed by atoms with Crippen LogP contribution in [0.3, 0.4) is 0 Å². The number of benzene rings is 2. The molecule has 0 aliphatic carbocycles. The first-order chi connectivity index (χ1) is 14.7. The fourth-order valence-corrected chi connectivity index (χ4v) is 3.14. The number of halogens is 1. The molecular weight excluding hydrogens is 385 g/mol. The van der Waals surface area contributed by atoms with E-state index in [4.69, 9.17) is 9.47 Å². The number of rotatable bonds is 7. The molecule has 0 atom stereocenters. The van der Waals surface area contributed by atoms with Gasteiger partial charge < -0.3 is 25.1 Å². The maximum atomic E-state index is 12.9. The number of anilines is 2. The molecule has 0 amide bonds. The van der Waals surface area contributed by atoms with E-state index < -0.39 is 5.82 Å². The molecule has 0 bridgehead atoms. The van der Waals surface area contributed by atoms with Crippen molar-refractivity contribution in [3.05, 3.63) is 72.2 Å². The second-order valence-corrected chi connectivity index (χ2v) is 7.11. The molecule has 3 heterocycles. The lowest BCUT2D eigenvalue weighted by Gasteiger charge is -2.27. The number of ether oxygens (including phenoxy) is 2. The van der Waals surface area contributed by atoms with Gasteiger partial charge in [-0.1, -0.05) is 12.1 Å². The number of nitrogens with one attached hydrogen (secondary N) is 3. The van der Waals surface area contributed by atoms with E-state index in [1.165, 1.54) is 12.1 Å². The Morgan fingerprint density at radius 2 is 1.97 bits per heavy atom. The van der Waals surface area contributed by atoms with Gasteiger partial charge in [-0.2, -0.15) is 0 Å². The lowest BCUT2D eigenvalue weighted by molar-refractivity contribution is 0.0211. The van der Waals surface area contributed by atoms with Crippen molar-refractivity contribution in [3.8, 4) is 11.6 Å². The van der Waals surface area contributed by atoms with E-state index in [-0.39, 0.29) is 0 Å². The van der Waals surface area contributed by atoms with Crippen LogP contribution in [-0.4, -0.2) is 34.2 Å². The van der Waals surface area contributed by atoms with Crippen LogP contribution in [0.15, 0.2) is 60.8 Å². The summed E-state index contributed by atoms with van der Waals surface area (Å²) in [7, 11) is 0. The Hall–Kier alpha value is -3.65. The third-order valence-electron chi connectivity index (χ3n) is 4.80. The van der Waals surface area contributed by atoms with E-state index >= 15 is 0 Å². The number of nitrogens with zero attached hydrogens (tertiary/aromatic N) is 2. The lowest BCUT2D eigenvalue weighted by Crippen LogP contribution is -2.40. The number of hydrogen-bond acceptors (Lipinski definition) is 6. The van der Waals surface area contributed by atoms with Crippen LogP contribution in [0.25, 0.3) is 11.0 Å². The molecule has 0 spiro atoms. The van der Waals surface area contributed by atoms with Crippen molar-refractivity contribution in [2.45, 2.75) is 12.6 Å². The molecular formula is C22H20FN5O2. The van der Waals surface area contributed by atoms with E-state index in [9.17, 15) is 4.39 Å². The predicted molar refractivity (Wildman–Crippen MR) is 112 cm³/mol. The minimum atomic E-state index is -0.394. The van der Waals surface area contributed by atoms with Crippen LogP contribution < -0.4 is 15.4 Å². The molecule has 30 heavy (non-hydrogen) atoms. The standard InChI is InChI=1S/C22H20FN5O2/c23-15-3-8-21(24-11-15)30-18-5-1-14(2-6-18)10-25-22-27-19-7-4-16(9-20(19)28-22)26-17-12-29-13-17/h1-9,11,17,26H,10,12-13H2,(H2,25,27,28). The molecule has 3 N–H and O–H groups in total. The highest BCUT2D eigenvalue weighted by Crippen LogP contribution is 2.22. The van der Waals surface area contributed by atoms with Gasteiger partial charge >= 0.3 is 0 Å². The fraction of sp³-hybridized carbons (Fsp3) is 0.182. The first-order valence-electron chi connectivity index (χ1n) is 9.67. The molecule has 0 saturated carbocycles. The van der Waals surface area contributed by atoms with Gasteiger partial charge in [0.2, 0.25) is 11.8 Å². The molecule has 152 valence electrons. The van der Waals surface area contributed by atoms with Crippen molar-refractivity contribution in [3.63, 3.8) is 0 Å². The summed E-state index contributed by atoms with van der Waals surface area (Å²) in [5.74, 6) is 1.31. The minimum absolute atomic E-state index is 0.350. The smallest absolute Gasteiger partial charge is 0.219 e. The summed E-state index contributed by atoms with van der Waals surface area (Å²) in [6.45, 7) is 2.11. The van der Waals surface area contributed by atoms with Gasteiger partial charge in [0, 0.05) is 18.3 Å². The zero-order valence-corrected chi connectivity index (χ0v) is 16.1. The van der Waals surface area contributed by atoms with Crippen LogP contribution in [0.5, 0.6) is 11.6 Å². The number of H-pyrrole nitrogens is 1. The molecule has 2 aromatic carbocycles. The molecule has 1 saturated heterocycles. The molecule has 0 radical (unpaired) electrons. The first kappa shape index (κ1) is 18.4. The Kier molecular flexibility index (Phi) is 4.90. The van der Waals surface area contributed by atoms with E-state index in [0.29, 0.717) is 30.2 Å². The Labute approximate surface area is 172 Å². The van der Waals surface area contributed by atoms with Gasteiger partial charge in [0.1, 0.15) is 11.6 Å². The molecule has 4 aromatic rings. The summed E-state index contributed by atoms with van der Waals surface area (Å²) in [6, 6.07) is 16.9. The molecule has 7 nitrogen and oxygen atoms in total. The van der Waals surface area contributed by atoms with Gasteiger partial charge in [-0.05, 0) is 42.0 Å². The normalized spacial score (nSPS) is 13.8. The molecule has 1 aliphatic heterocycles. The monoisotopic (exact) mass is 405 g/mol. The van der Waals surface area contributed by atoms with E-state index in [0.717, 1.165) is 41.7 Å². The minimum Gasteiger partial charge on any atom is -0.439 e. The van der Waals surface area contributed by atoms with Gasteiger partial charge in [0.25, 0.3) is 0 Å². The van der Waals surface area contributed by atoms with Gasteiger partial charge in [0.05, 0.1) is 36.5 Å². The van der Waals surface area contributed by atoms with Gasteiger partial charge in [0.15, 0.2) is 0 Å². The van der Waals surface area contributed by atoms with Crippen LogP contribution in [0.4, 0.5) is 16.0 Å². The molecule has 0 unspecified atom stereocenters. The summed E-state index contributed by atoms with van der Waals surface area (Å²) in [4.78, 5) is 11.8. The second kappa shape index (κ2) is 8.00. The highest BCUT2D eigenvalue weighted by molar-refractivity contribution is 5.81. The van der Waals surface area contributed by atoms with Crippen molar-refractivity contribution < 1.29 is 13.9 Å². The number of aromatic nitrogens is 3. The average Bonchev–Trinajstić information content (AvgIpc) is 3.14. The topological polar surface area (TPSA) is 84.1 Å². The van der Waals surface area contributed by atoms with E-state index in [1.807, 2.05) is 36.4 Å². The summed E-state index contributed by atoms with van der Waals surface area (Å²) < 4.78 is 23.7. The Morgan fingerprint density at radius 1 is 1.10 bits per heavy atom. The van der Waals surface area contributed by atoms with Crippen LogP contribution in [0.2, 0.25) is 0 Å². The summed E-state index contributed by atoms with van der Waals surface area (Å²) >= 11 is 0. The van der Waals surface area contributed by atoms with Gasteiger partial charge in [-0.15, -0.1) is 0 Å². The average molecular weight is 405 g/mol. The van der Waals surface area contributed by atoms with Crippen molar-refractivity contribution in [1.82, 2.24) is 15.0 Å². The highest BCUT2D eigenvalue weighted by Gasteiger charge is 2.17. The largest absolute Gasteiger partial charge is 0.439 e. The highest BCUT2D eigenvalue weighted by atomic mass is 19.1. The second-order valence-electron chi connectivity index (χ2n) is 7.11. The van der Waals surface area contributed by atoms with Crippen LogP contribution in [0, 0.1) is 5.82 Å². The van der Waals surface area contributed by atoms with E-state index in [1.54, 1.807) is 0 Å². The SMILES string of the molecule is Fc1ccc(Oc2ccc(CNc3nc4ccc(NC5COC5)cc4[nH]3)cc2)nc1. The van der Waals surface area contributed by atoms with Crippen molar-refractivity contribution in [1.29, 1.82) is 0 Å². The maximum absolute atomic E-state index is 12.9. The zero-order chi connectivity index (χ0) is 20.3. The van der Waals surface area contributed by atoms with Crippen LogP contribution in [0.1, 0.15) is 5.56 Å². The fourth-order valence-electron chi connectivity index (χ4n) is 3.14. The number of hydrogen-bond donors (Lipinski definition) is 3. The quantitative estimate of drug-likeness (QED) is 0.425. The van der Waals surface area contributed by atoms with Crippen LogP contribution in [-0.2, 0) is 11.3 Å². The molecule has 1 fully saturated rings. The van der Waals surface area contributed by atoms with Gasteiger partial charge in [-0.25, -0.2) is 14.4 Å². The number of pyridine rings is 1. The first-order valence-corrected chi connectivity index (χ1v) is 9.67. The number of aromatic amines is 1. The Morgan fingerprint density at radius 3 is 2.70 bits per heavy atom. The van der Waals surface area contributed by atoms with Crippen molar-refractivity contribution in [2.75, 3.05) is 23.8 Å². The Balaban J connectivity index is 1.20. The zero-order valence-electron chi connectivity index (χ0n) is 16.1. The third kappa shape index (κ3) is 4.18. The van der Waals surface area contributed by atoms with Crippen LogP contribution >= 0.6 is 0 Å². The van der Waals surface area contributed by atoms with E-state index in [2.05, 4.69) is 31.7 Å². The Bertz CT molecular complexity index is 1140. The number of fused-ring (bicyclic) bond motifs is 1. The molecule has 8 heteroatoms.